The lowest BCUT2D eigenvalue weighted by molar-refractivity contribution is -0.168. The molecule has 0 aliphatic heterocycles. The summed E-state index contributed by atoms with van der Waals surface area (Å²) in [6, 6.07) is 0. The van der Waals surface area contributed by atoms with Crippen LogP contribution in [0.1, 0.15) is 78.6 Å². The highest BCUT2D eigenvalue weighted by Gasteiger charge is 2.64. The van der Waals surface area contributed by atoms with E-state index >= 15 is 0 Å². The topological polar surface area (TPSA) is 18.5 Å². The Morgan fingerprint density at radius 3 is 2.16 bits per heavy atom. The van der Waals surface area contributed by atoms with Gasteiger partial charge in [-0.3, -0.25) is 0 Å². The van der Waals surface area contributed by atoms with E-state index in [4.69, 9.17) is 8.85 Å². The zero-order valence-corrected chi connectivity index (χ0v) is 24.2. The van der Waals surface area contributed by atoms with Crippen LogP contribution in [0.15, 0.2) is 0 Å². The van der Waals surface area contributed by atoms with Gasteiger partial charge in [0.05, 0.1) is 0 Å². The highest BCUT2D eigenvalue weighted by Crippen LogP contribution is 2.68. The maximum absolute atomic E-state index is 7.17. The van der Waals surface area contributed by atoms with E-state index in [2.05, 4.69) is 60.1 Å². The maximum Gasteiger partial charge on any atom is 0.184 e. The molecule has 0 heterocycles. The smallest absolute Gasteiger partial charge is 0.184 e. The summed E-state index contributed by atoms with van der Waals surface area (Å²) in [4.78, 5) is 0. The summed E-state index contributed by atoms with van der Waals surface area (Å²) in [7, 11) is -3.13. The first-order chi connectivity index (χ1) is 14.2. The molecule has 0 aromatic rings. The van der Waals surface area contributed by atoms with E-state index in [1.807, 2.05) is 0 Å². The van der Waals surface area contributed by atoms with Crippen molar-refractivity contribution < 1.29 is 8.85 Å². The molecule has 31 heavy (non-hydrogen) atoms. The molecular weight excluding hydrogens is 412 g/mol. The fourth-order valence-corrected chi connectivity index (χ4v) is 11.8. The van der Waals surface area contributed by atoms with E-state index in [0.717, 1.165) is 23.7 Å². The Balaban J connectivity index is 1.68. The van der Waals surface area contributed by atoms with Gasteiger partial charge in [-0.15, -0.1) is 0 Å². The molecule has 0 spiro atoms. The van der Waals surface area contributed by atoms with Crippen molar-refractivity contribution in [2.45, 2.75) is 130 Å². The molecule has 0 saturated heterocycles. The van der Waals surface area contributed by atoms with Crippen LogP contribution in [0.25, 0.3) is 0 Å². The Morgan fingerprint density at radius 1 is 0.806 bits per heavy atom. The number of fused-ring (bicyclic) bond motifs is 5. The summed E-state index contributed by atoms with van der Waals surface area (Å²) in [5, 5.41) is 0. The molecule has 0 N–H and O–H groups in total. The third-order valence-corrected chi connectivity index (χ3v) is 12.3. The van der Waals surface area contributed by atoms with Crippen molar-refractivity contribution in [3.63, 3.8) is 0 Å². The van der Waals surface area contributed by atoms with E-state index in [9.17, 15) is 0 Å². The third kappa shape index (κ3) is 4.54. The van der Waals surface area contributed by atoms with Gasteiger partial charge in [-0.05, 0) is 132 Å². The van der Waals surface area contributed by atoms with Crippen molar-refractivity contribution in [1.29, 1.82) is 0 Å². The fraction of sp³-hybridized carbons (Fsp3) is 1.00. The largest absolute Gasteiger partial charge is 0.415 e. The molecule has 4 aliphatic carbocycles. The Morgan fingerprint density at radius 2 is 1.52 bits per heavy atom. The fourth-order valence-electron chi connectivity index (χ4n) is 9.40. The van der Waals surface area contributed by atoms with Crippen molar-refractivity contribution in [1.82, 2.24) is 0 Å². The molecule has 4 aliphatic rings. The van der Waals surface area contributed by atoms with Crippen molar-refractivity contribution in [3.05, 3.63) is 0 Å². The maximum atomic E-state index is 7.17. The summed E-state index contributed by atoms with van der Waals surface area (Å²) in [5.41, 5.74) is 0.910. The molecule has 0 radical (unpaired) electrons. The van der Waals surface area contributed by atoms with E-state index in [0.29, 0.717) is 29.0 Å². The van der Waals surface area contributed by atoms with Crippen LogP contribution in [0.2, 0.25) is 39.3 Å². The first kappa shape index (κ1) is 24.5. The van der Waals surface area contributed by atoms with Crippen LogP contribution in [-0.4, -0.2) is 28.8 Å². The van der Waals surface area contributed by atoms with Crippen molar-refractivity contribution in [2.24, 2.45) is 40.4 Å². The normalized spacial score (nSPS) is 46.7. The van der Waals surface area contributed by atoms with Gasteiger partial charge >= 0.3 is 0 Å². The molecule has 4 saturated carbocycles. The van der Waals surface area contributed by atoms with E-state index < -0.39 is 16.6 Å². The molecule has 3 unspecified atom stereocenters. The van der Waals surface area contributed by atoms with Gasteiger partial charge < -0.3 is 8.85 Å². The quantitative estimate of drug-likeness (QED) is 0.382. The predicted octanol–water partition coefficient (Wildman–Crippen LogP) is 8.11. The highest BCUT2D eigenvalue weighted by atomic mass is 28.4. The Labute approximate surface area is 195 Å². The minimum absolute atomic E-state index is 0.391. The molecule has 180 valence electrons. The highest BCUT2D eigenvalue weighted by molar-refractivity contribution is 6.70. The van der Waals surface area contributed by atoms with Crippen molar-refractivity contribution in [2.75, 3.05) is 0 Å². The summed E-state index contributed by atoms with van der Waals surface area (Å²) < 4.78 is 13.9. The molecule has 2 nitrogen and oxygen atoms in total. The van der Waals surface area contributed by atoms with E-state index in [-0.39, 0.29) is 0 Å². The molecule has 4 fully saturated rings. The molecule has 0 aromatic carbocycles. The van der Waals surface area contributed by atoms with Gasteiger partial charge in [-0.2, -0.15) is 0 Å². The van der Waals surface area contributed by atoms with Gasteiger partial charge in [-0.1, -0.05) is 26.7 Å². The first-order valence-electron chi connectivity index (χ1n) is 13.6. The summed E-state index contributed by atoms with van der Waals surface area (Å²) in [6.07, 6.45) is 13.7. The average Bonchev–Trinajstić information content (AvgIpc) is 2.94. The Hall–Kier alpha value is 0.354. The van der Waals surface area contributed by atoms with Crippen LogP contribution >= 0.6 is 0 Å². The van der Waals surface area contributed by atoms with Gasteiger partial charge in [0.2, 0.25) is 0 Å². The zero-order chi connectivity index (χ0) is 22.8. The lowest BCUT2D eigenvalue weighted by atomic mass is 9.44. The van der Waals surface area contributed by atoms with Gasteiger partial charge in [0.1, 0.15) is 0 Å². The van der Waals surface area contributed by atoms with Crippen LogP contribution in [0, 0.1) is 40.4 Å². The lowest BCUT2D eigenvalue weighted by Crippen LogP contribution is -2.60. The Bertz CT molecular complexity index is 653. The molecule has 4 heteroatoms. The third-order valence-electron chi connectivity index (χ3n) is 10.2. The van der Waals surface area contributed by atoms with Gasteiger partial charge in [-0.25, -0.2) is 0 Å². The minimum Gasteiger partial charge on any atom is -0.415 e. The second-order valence-electron chi connectivity index (χ2n) is 14.4. The zero-order valence-electron chi connectivity index (χ0n) is 22.2. The SMILES string of the molecule is C[C@@H](O[Si](C)(C)C)[C@H]1CCC2C3CC[C@H]4CCCC[C@]4(C)C3[C@@H](O[Si](C)(C)C)C[C@@]21C. The molecular formula is C27H52O2Si2. The van der Waals surface area contributed by atoms with Gasteiger partial charge in [0, 0.05) is 12.2 Å². The van der Waals surface area contributed by atoms with Gasteiger partial charge in [0.15, 0.2) is 16.6 Å². The van der Waals surface area contributed by atoms with Crippen LogP contribution in [-0.2, 0) is 8.85 Å². The monoisotopic (exact) mass is 464 g/mol. The number of hydrogen-bond acceptors (Lipinski definition) is 2. The summed E-state index contributed by atoms with van der Waals surface area (Å²) in [6.45, 7) is 22.1. The average molecular weight is 465 g/mol. The molecule has 0 bridgehead atoms. The van der Waals surface area contributed by atoms with Gasteiger partial charge in [0.25, 0.3) is 0 Å². The van der Waals surface area contributed by atoms with E-state index in [1.54, 1.807) is 0 Å². The summed E-state index contributed by atoms with van der Waals surface area (Å²) >= 11 is 0. The van der Waals surface area contributed by atoms with Crippen LogP contribution in [0.3, 0.4) is 0 Å². The predicted molar refractivity (Wildman–Crippen MR) is 137 cm³/mol. The molecule has 0 aromatic heterocycles. The van der Waals surface area contributed by atoms with Crippen molar-refractivity contribution >= 4 is 16.6 Å². The Kier molecular flexibility index (Phi) is 6.50. The lowest BCUT2D eigenvalue weighted by Gasteiger charge is -2.63. The minimum atomic E-state index is -1.60. The van der Waals surface area contributed by atoms with E-state index in [1.165, 1.54) is 57.8 Å². The molecule has 0 amide bonds. The molecule has 9 atom stereocenters. The molecule has 4 rings (SSSR count). The second-order valence-corrected chi connectivity index (χ2v) is 23.3. The van der Waals surface area contributed by atoms with Crippen molar-refractivity contribution in [3.8, 4) is 0 Å². The number of hydrogen-bond donors (Lipinski definition) is 0. The van der Waals surface area contributed by atoms with Crippen LogP contribution in [0.5, 0.6) is 0 Å². The van der Waals surface area contributed by atoms with Crippen LogP contribution in [0.4, 0.5) is 0 Å². The second kappa shape index (κ2) is 8.24. The number of rotatable bonds is 5. The van der Waals surface area contributed by atoms with Crippen LogP contribution < -0.4 is 0 Å². The standard InChI is InChI=1S/C27H52O2Si2/c1-19(28-30(4,5)6)22-15-16-23-21-14-13-20-12-10-11-17-26(20,2)25(21)24(18-27(22,23)3)29-31(7,8)9/h19-25H,10-18H2,1-9H3/t19-,20-,21?,22-,23?,24+,25?,26+,27-/m1/s1. The first-order valence-corrected chi connectivity index (χ1v) is 20.4. The summed E-state index contributed by atoms with van der Waals surface area (Å²) in [5.74, 6) is 4.21.